The molecule has 2 N–H and O–H groups in total. The first kappa shape index (κ1) is 9.40. The maximum absolute atomic E-state index is 9.99. The van der Waals surface area contributed by atoms with E-state index in [1.165, 1.54) is 0 Å². The quantitative estimate of drug-likeness (QED) is 0.496. The van der Waals surface area contributed by atoms with Gasteiger partial charge in [0.05, 0.1) is 0 Å². The average Bonchev–Trinajstić information content (AvgIpc) is 1.62. The van der Waals surface area contributed by atoms with Crippen LogP contribution in [0, 0.1) is 0 Å². The Morgan fingerprint density at radius 1 is 1.78 bits per heavy atom. The largest absolute Gasteiger partial charge is 0.471 e. The zero-order valence-electron chi connectivity index (χ0n) is 4.82. The van der Waals surface area contributed by atoms with E-state index in [2.05, 4.69) is 4.52 Å². The van der Waals surface area contributed by atoms with Crippen LogP contribution in [-0.4, -0.2) is 15.3 Å². The van der Waals surface area contributed by atoms with Gasteiger partial charge >= 0.3 is 7.82 Å². The highest BCUT2D eigenvalue weighted by molar-refractivity contribution is 7.46. The fourth-order valence-corrected chi connectivity index (χ4v) is 0.982. The molecule has 0 amide bonds. The Bertz CT molecular complexity index is 121. The predicted molar refractivity (Wildman–Crippen MR) is 33.1 cm³/mol. The van der Waals surface area contributed by atoms with Crippen molar-refractivity contribution in [3.8, 4) is 0 Å². The van der Waals surface area contributed by atoms with Crippen molar-refractivity contribution in [1.82, 2.24) is 0 Å². The standard InChI is InChI=1S/C3H8ClO4P/c1-2-3(4)8-9(5,6)7/h3H,2H2,1H3,(H2,5,6,7). The van der Waals surface area contributed by atoms with Gasteiger partial charge in [-0.2, -0.15) is 0 Å². The molecule has 6 heteroatoms. The third kappa shape index (κ3) is 6.28. The average molecular weight is 175 g/mol. The van der Waals surface area contributed by atoms with Crippen molar-refractivity contribution in [3.63, 3.8) is 0 Å². The summed E-state index contributed by atoms with van der Waals surface area (Å²) in [6, 6.07) is 0. The molecule has 0 fully saturated rings. The number of rotatable bonds is 3. The van der Waals surface area contributed by atoms with E-state index < -0.39 is 13.4 Å². The van der Waals surface area contributed by atoms with Crippen LogP contribution in [0.25, 0.3) is 0 Å². The Morgan fingerprint density at radius 3 is 2.33 bits per heavy atom. The van der Waals surface area contributed by atoms with Gasteiger partial charge in [0, 0.05) is 0 Å². The molecule has 0 bridgehead atoms. The van der Waals surface area contributed by atoms with Crippen molar-refractivity contribution < 1.29 is 18.9 Å². The maximum Gasteiger partial charge on any atom is 0.471 e. The summed E-state index contributed by atoms with van der Waals surface area (Å²) in [6.45, 7) is 1.66. The highest BCUT2D eigenvalue weighted by Gasteiger charge is 2.18. The second kappa shape index (κ2) is 3.54. The lowest BCUT2D eigenvalue weighted by molar-refractivity contribution is 0.176. The van der Waals surface area contributed by atoms with Crippen LogP contribution in [0.1, 0.15) is 13.3 Å². The number of alkyl halides is 1. The number of halogens is 1. The van der Waals surface area contributed by atoms with Crippen LogP contribution in [0.5, 0.6) is 0 Å². The van der Waals surface area contributed by atoms with Crippen LogP contribution < -0.4 is 0 Å². The lowest BCUT2D eigenvalue weighted by Crippen LogP contribution is -1.99. The highest BCUT2D eigenvalue weighted by atomic mass is 35.5. The van der Waals surface area contributed by atoms with Crippen molar-refractivity contribution >= 4 is 19.4 Å². The Hall–Kier alpha value is 0.400. The highest BCUT2D eigenvalue weighted by Crippen LogP contribution is 2.38. The molecule has 1 unspecified atom stereocenters. The molecule has 0 radical (unpaired) electrons. The molecule has 0 saturated carbocycles. The van der Waals surface area contributed by atoms with Gasteiger partial charge in [-0.3, -0.25) is 4.52 Å². The molecule has 0 heterocycles. The van der Waals surface area contributed by atoms with Crippen LogP contribution in [0.2, 0.25) is 0 Å². The molecule has 0 aliphatic rings. The van der Waals surface area contributed by atoms with Gasteiger partial charge < -0.3 is 9.79 Å². The van der Waals surface area contributed by atoms with E-state index >= 15 is 0 Å². The van der Waals surface area contributed by atoms with Gasteiger partial charge in [0.25, 0.3) is 0 Å². The van der Waals surface area contributed by atoms with Crippen molar-refractivity contribution in [1.29, 1.82) is 0 Å². The molecule has 0 aliphatic heterocycles. The van der Waals surface area contributed by atoms with E-state index in [9.17, 15) is 4.57 Å². The Labute approximate surface area is 58.0 Å². The molecule has 4 nitrogen and oxygen atoms in total. The lowest BCUT2D eigenvalue weighted by atomic mass is 10.5. The summed E-state index contributed by atoms with van der Waals surface area (Å²) in [5.74, 6) is 0. The van der Waals surface area contributed by atoms with Crippen molar-refractivity contribution in [2.45, 2.75) is 18.9 Å². The number of hydrogen-bond donors (Lipinski definition) is 2. The van der Waals surface area contributed by atoms with E-state index in [1.54, 1.807) is 6.92 Å². The molecular formula is C3H8ClO4P. The number of hydrogen-bond acceptors (Lipinski definition) is 2. The maximum atomic E-state index is 9.99. The van der Waals surface area contributed by atoms with Crippen LogP contribution >= 0.6 is 19.4 Å². The topological polar surface area (TPSA) is 66.8 Å². The number of phosphoric ester groups is 1. The van der Waals surface area contributed by atoms with Crippen molar-refractivity contribution in [2.24, 2.45) is 0 Å². The second-order valence-corrected chi connectivity index (χ2v) is 3.09. The summed E-state index contributed by atoms with van der Waals surface area (Å²) in [6.07, 6.45) is 0.368. The van der Waals surface area contributed by atoms with Gasteiger partial charge in [0.1, 0.15) is 5.56 Å². The van der Waals surface area contributed by atoms with Crippen LogP contribution in [-0.2, 0) is 9.09 Å². The predicted octanol–water partition coefficient (Wildman–Crippen LogP) is 1.07. The first-order valence-electron chi connectivity index (χ1n) is 2.33. The van der Waals surface area contributed by atoms with Crippen LogP contribution in [0.3, 0.4) is 0 Å². The molecule has 9 heavy (non-hydrogen) atoms. The van der Waals surface area contributed by atoms with Gasteiger partial charge in [0.15, 0.2) is 0 Å². The molecule has 56 valence electrons. The molecule has 0 spiro atoms. The lowest BCUT2D eigenvalue weighted by Gasteiger charge is -2.07. The Balaban J connectivity index is 3.60. The molecule has 0 aliphatic carbocycles. The van der Waals surface area contributed by atoms with Gasteiger partial charge in [-0.1, -0.05) is 18.5 Å². The summed E-state index contributed by atoms with van der Waals surface area (Å²) in [7, 11) is -4.37. The number of phosphoric acid groups is 1. The first-order valence-corrected chi connectivity index (χ1v) is 4.30. The van der Waals surface area contributed by atoms with Gasteiger partial charge in [0.2, 0.25) is 0 Å². The summed E-state index contributed by atoms with van der Waals surface area (Å²) >= 11 is 5.24. The van der Waals surface area contributed by atoms with E-state index in [4.69, 9.17) is 21.4 Å². The van der Waals surface area contributed by atoms with Gasteiger partial charge in [-0.05, 0) is 6.42 Å². The van der Waals surface area contributed by atoms with Gasteiger partial charge in [-0.15, -0.1) is 0 Å². The molecule has 0 rings (SSSR count). The van der Waals surface area contributed by atoms with E-state index in [0.717, 1.165) is 0 Å². The fourth-order valence-electron chi connectivity index (χ4n) is 0.224. The third-order valence-corrected chi connectivity index (χ3v) is 1.62. The summed E-state index contributed by atoms with van der Waals surface area (Å²) in [5, 5.41) is 0. The summed E-state index contributed by atoms with van der Waals surface area (Å²) in [4.78, 5) is 16.2. The summed E-state index contributed by atoms with van der Waals surface area (Å²) < 4.78 is 14.0. The zero-order valence-corrected chi connectivity index (χ0v) is 6.47. The molecular weight excluding hydrogens is 166 g/mol. The van der Waals surface area contributed by atoms with E-state index in [0.29, 0.717) is 6.42 Å². The molecule has 0 saturated heterocycles. The normalized spacial score (nSPS) is 15.6. The van der Waals surface area contributed by atoms with Crippen molar-refractivity contribution in [2.75, 3.05) is 0 Å². The zero-order chi connectivity index (χ0) is 7.49. The van der Waals surface area contributed by atoms with E-state index in [-0.39, 0.29) is 0 Å². The minimum atomic E-state index is -4.37. The smallest absolute Gasteiger partial charge is 0.303 e. The van der Waals surface area contributed by atoms with Crippen LogP contribution in [0.4, 0.5) is 0 Å². The molecule has 0 aromatic carbocycles. The van der Waals surface area contributed by atoms with Gasteiger partial charge in [-0.25, -0.2) is 4.57 Å². The van der Waals surface area contributed by atoms with Crippen molar-refractivity contribution in [3.05, 3.63) is 0 Å². The fraction of sp³-hybridized carbons (Fsp3) is 1.00. The van der Waals surface area contributed by atoms with E-state index in [1.807, 2.05) is 0 Å². The summed E-state index contributed by atoms with van der Waals surface area (Å²) in [5.41, 5.74) is -0.897. The van der Waals surface area contributed by atoms with Crippen LogP contribution in [0.15, 0.2) is 0 Å². The second-order valence-electron chi connectivity index (χ2n) is 1.41. The monoisotopic (exact) mass is 174 g/mol. The third-order valence-electron chi connectivity index (χ3n) is 0.573. The molecule has 0 aromatic heterocycles. The Morgan fingerprint density at radius 2 is 2.22 bits per heavy atom. The SMILES string of the molecule is CCC(Cl)OP(=O)(O)O. The Kier molecular flexibility index (Phi) is 3.70. The molecule has 1 atom stereocenters. The molecule has 0 aromatic rings. The first-order chi connectivity index (χ1) is 3.95. The minimum Gasteiger partial charge on any atom is -0.303 e. The minimum absolute atomic E-state index is 0.368.